The summed E-state index contributed by atoms with van der Waals surface area (Å²) in [6.45, 7) is 7.24. The molecular formula is C16H30N4O7. The summed E-state index contributed by atoms with van der Waals surface area (Å²) in [4.78, 5) is 46.6. The van der Waals surface area contributed by atoms with Crippen LogP contribution >= 0.6 is 0 Å². The molecule has 0 fully saturated rings. The molecule has 156 valence electrons. The van der Waals surface area contributed by atoms with E-state index in [1.54, 1.807) is 20.8 Å². The Labute approximate surface area is 158 Å². The molecule has 0 heterocycles. The molecule has 0 saturated heterocycles. The van der Waals surface area contributed by atoms with Crippen molar-refractivity contribution in [1.29, 1.82) is 0 Å². The third-order valence-corrected chi connectivity index (χ3v) is 3.31. The summed E-state index contributed by atoms with van der Waals surface area (Å²) < 4.78 is 5.36. The standard InChI is InChI=1S/C16H30N4O7/c1-8(19-11(22)6-18-14(24)12(17)9(2)21)13(23)20-10(15(25)26)7-27-16(3,4)5/h8-10,12,21H,6-7,17H2,1-5H3,(H,18,24)(H,19,22)(H,20,23)(H,25,26)/t8-,9?,10-,12?/m0/s1. The minimum atomic E-state index is -1.28. The van der Waals surface area contributed by atoms with Crippen LogP contribution in [0.5, 0.6) is 0 Å². The Kier molecular flexibility index (Phi) is 9.90. The summed E-state index contributed by atoms with van der Waals surface area (Å²) in [5.41, 5.74) is 4.83. The van der Waals surface area contributed by atoms with Gasteiger partial charge in [0.1, 0.15) is 12.1 Å². The van der Waals surface area contributed by atoms with Crippen molar-refractivity contribution >= 4 is 23.7 Å². The van der Waals surface area contributed by atoms with E-state index in [2.05, 4.69) is 16.0 Å². The number of amides is 3. The number of aliphatic hydroxyl groups excluding tert-OH is 1. The lowest BCUT2D eigenvalue weighted by Gasteiger charge is -2.24. The van der Waals surface area contributed by atoms with E-state index in [0.717, 1.165) is 0 Å². The van der Waals surface area contributed by atoms with Crippen molar-refractivity contribution in [3.05, 3.63) is 0 Å². The number of ether oxygens (including phenoxy) is 1. The van der Waals surface area contributed by atoms with Crippen molar-refractivity contribution in [2.45, 2.75) is 64.4 Å². The molecule has 0 radical (unpaired) electrons. The fourth-order valence-electron chi connectivity index (χ4n) is 1.67. The zero-order valence-corrected chi connectivity index (χ0v) is 16.2. The molecule has 0 aliphatic rings. The quantitative estimate of drug-likeness (QED) is 0.241. The molecule has 0 rings (SSSR count). The van der Waals surface area contributed by atoms with Gasteiger partial charge in [0.2, 0.25) is 17.7 Å². The van der Waals surface area contributed by atoms with Crippen LogP contribution in [-0.4, -0.2) is 76.9 Å². The molecule has 0 aliphatic carbocycles. The highest BCUT2D eigenvalue weighted by Gasteiger charge is 2.26. The normalized spacial score (nSPS) is 15.8. The maximum Gasteiger partial charge on any atom is 0.328 e. The zero-order valence-electron chi connectivity index (χ0n) is 16.2. The molecule has 0 aromatic heterocycles. The monoisotopic (exact) mass is 390 g/mol. The number of nitrogens with two attached hydrogens (primary N) is 1. The Hall–Kier alpha value is -2.24. The molecule has 11 nitrogen and oxygen atoms in total. The second-order valence-electron chi connectivity index (χ2n) is 7.10. The maximum absolute atomic E-state index is 12.1. The maximum atomic E-state index is 12.1. The molecule has 0 aromatic carbocycles. The van der Waals surface area contributed by atoms with Gasteiger partial charge in [-0.1, -0.05) is 0 Å². The number of aliphatic carboxylic acids is 1. The van der Waals surface area contributed by atoms with Crippen LogP contribution in [0.3, 0.4) is 0 Å². The van der Waals surface area contributed by atoms with Crippen LogP contribution in [0.4, 0.5) is 0 Å². The summed E-state index contributed by atoms with van der Waals surface area (Å²) in [5.74, 6) is -3.39. The van der Waals surface area contributed by atoms with Crippen molar-refractivity contribution in [2.75, 3.05) is 13.2 Å². The molecule has 0 spiro atoms. The lowest BCUT2D eigenvalue weighted by molar-refractivity contribution is -0.145. The molecule has 0 bridgehead atoms. The highest BCUT2D eigenvalue weighted by Crippen LogP contribution is 2.07. The fraction of sp³-hybridized carbons (Fsp3) is 0.750. The van der Waals surface area contributed by atoms with Gasteiger partial charge >= 0.3 is 5.97 Å². The second kappa shape index (κ2) is 10.8. The van der Waals surface area contributed by atoms with Crippen molar-refractivity contribution in [3.63, 3.8) is 0 Å². The number of hydrogen-bond acceptors (Lipinski definition) is 7. The van der Waals surface area contributed by atoms with Crippen LogP contribution in [0, 0.1) is 0 Å². The van der Waals surface area contributed by atoms with E-state index in [4.69, 9.17) is 15.6 Å². The number of aliphatic hydroxyl groups is 1. The predicted octanol–water partition coefficient (Wildman–Crippen LogP) is -2.30. The van der Waals surface area contributed by atoms with Crippen LogP contribution in [0.25, 0.3) is 0 Å². The van der Waals surface area contributed by atoms with Gasteiger partial charge in [-0.25, -0.2) is 4.79 Å². The van der Waals surface area contributed by atoms with Crippen LogP contribution in [0.15, 0.2) is 0 Å². The number of carbonyl (C=O) groups is 4. The Morgan fingerprint density at radius 1 is 1.07 bits per heavy atom. The smallest absolute Gasteiger partial charge is 0.328 e. The summed E-state index contributed by atoms with van der Waals surface area (Å²) in [7, 11) is 0. The molecule has 3 amide bonds. The van der Waals surface area contributed by atoms with Crippen molar-refractivity contribution in [1.82, 2.24) is 16.0 Å². The van der Waals surface area contributed by atoms with E-state index in [1.165, 1.54) is 13.8 Å². The van der Waals surface area contributed by atoms with Gasteiger partial charge in [-0.05, 0) is 34.6 Å². The minimum absolute atomic E-state index is 0.238. The first-order valence-corrected chi connectivity index (χ1v) is 8.42. The molecule has 0 aliphatic heterocycles. The van der Waals surface area contributed by atoms with Gasteiger partial charge in [0, 0.05) is 0 Å². The second-order valence-corrected chi connectivity index (χ2v) is 7.10. The van der Waals surface area contributed by atoms with Crippen molar-refractivity contribution in [2.24, 2.45) is 5.73 Å². The van der Waals surface area contributed by atoms with Crippen LogP contribution in [-0.2, 0) is 23.9 Å². The summed E-state index contributed by atoms with van der Waals surface area (Å²) >= 11 is 0. The number of carboxylic acid groups (broad SMARTS) is 1. The SMILES string of the molecule is CC(O)C(N)C(=O)NCC(=O)N[C@@H](C)C(=O)N[C@@H](COC(C)(C)C)C(=O)O. The number of carboxylic acids is 1. The van der Waals surface area contributed by atoms with Gasteiger partial charge in [-0.3, -0.25) is 14.4 Å². The average Bonchev–Trinajstić information content (AvgIpc) is 2.53. The molecule has 11 heteroatoms. The lowest BCUT2D eigenvalue weighted by atomic mass is 10.2. The Morgan fingerprint density at radius 2 is 1.63 bits per heavy atom. The van der Waals surface area contributed by atoms with E-state index < -0.39 is 60.1 Å². The van der Waals surface area contributed by atoms with Gasteiger partial charge in [-0.15, -0.1) is 0 Å². The van der Waals surface area contributed by atoms with Crippen LogP contribution < -0.4 is 21.7 Å². The van der Waals surface area contributed by atoms with E-state index in [-0.39, 0.29) is 6.61 Å². The van der Waals surface area contributed by atoms with Gasteiger partial charge in [0.25, 0.3) is 0 Å². The summed E-state index contributed by atoms with van der Waals surface area (Å²) in [6, 6.07) is -3.51. The Balaban J connectivity index is 4.51. The molecule has 27 heavy (non-hydrogen) atoms. The van der Waals surface area contributed by atoms with E-state index >= 15 is 0 Å². The van der Waals surface area contributed by atoms with Crippen LogP contribution in [0.2, 0.25) is 0 Å². The first kappa shape index (κ1) is 24.8. The first-order chi connectivity index (χ1) is 12.2. The third kappa shape index (κ3) is 10.5. The van der Waals surface area contributed by atoms with Gasteiger partial charge in [0.15, 0.2) is 6.04 Å². The van der Waals surface area contributed by atoms with E-state index in [0.29, 0.717) is 0 Å². The lowest BCUT2D eigenvalue weighted by Crippen LogP contribution is -2.54. The first-order valence-electron chi connectivity index (χ1n) is 8.42. The number of nitrogens with one attached hydrogen (secondary N) is 3. The highest BCUT2D eigenvalue weighted by atomic mass is 16.5. The summed E-state index contributed by atoms with van der Waals surface area (Å²) in [5, 5.41) is 25.2. The fourth-order valence-corrected chi connectivity index (χ4v) is 1.67. The number of carbonyl (C=O) groups excluding carboxylic acids is 3. The van der Waals surface area contributed by atoms with Gasteiger partial charge < -0.3 is 36.6 Å². The van der Waals surface area contributed by atoms with Gasteiger partial charge in [-0.2, -0.15) is 0 Å². The Bertz CT molecular complexity index is 545. The van der Waals surface area contributed by atoms with Crippen LogP contribution in [0.1, 0.15) is 34.6 Å². The number of hydrogen-bond donors (Lipinski definition) is 6. The average molecular weight is 390 g/mol. The molecule has 0 aromatic rings. The molecule has 7 N–H and O–H groups in total. The molecule has 0 saturated carbocycles. The van der Waals surface area contributed by atoms with Crippen molar-refractivity contribution < 1.29 is 34.1 Å². The summed E-state index contributed by atoms with van der Waals surface area (Å²) in [6.07, 6.45) is -1.08. The largest absolute Gasteiger partial charge is 0.480 e. The Morgan fingerprint density at radius 3 is 2.07 bits per heavy atom. The van der Waals surface area contributed by atoms with Crippen molar-refractivity contribution in [3.8, 4) is 0 Å². The topological polar surface area (TPSA) is 180 Å². The molecular weight excluding hydrogens is 360 g/mol. The molecule has 2 unspecified atom stereocenters. The van der Waals surface area contributed by atoms with E-state index in [9.17, 15) is 24.3 Å². The highest BCUT2D eigenvalue weighted by molar-refractivity contribution is 5.92. The molecule has 4 atom stereocenters. The third-order valence-electron chi connectivity index (χ3n) is 3.31. The van der Waals surface area contributed by atoms with Gasteiger partial charge in [0.05, 0.1) is 24.9 Å². The van der Waals surface area contributed by atoms with E-state index in [1.807, 2.05) is 0 Å². The number of rotatable bonds is 10. The zero-order chi connectivity index (χ0) is 21.4. The minimum Gasteiger partial charge on any atom is -0.480 e. The predicted molar refractivity (Wildman–Crippen MR) is 95.5 cm³/mol.